The second-order valence-corrected chi connectivity index (χ2v) is 8.17. The lowest BCUT2D eigenvalue weighted by Crippen LogP contribution is -2.10. The largest absolute Gasteiger partial charge is 0.438 e. The number of hydrogen-bond acceptors (Lipinski definition) is 6. The minimum Gasteiger partial charge on any atom is -0.438 e. The van der Waals surface area contributed by atoms with Crippen molar-refractivity contribution in [2.75, 3.05) is 5.32 Å². The Balaban J connectivity index is 1.37. The van der Waals surface area contributed by atoms with E-state index in [1.807, 2.05) is 35.0 Å². The zero-order valence-electron chi connectivity index (χ0n) is 14.3. The van der Waals surface area contributed by atoms with Gasteiger partial charge < -0.3 is 10.1 Å². The molecule has 1 N–H and O–H groups in total. The molecule has 7 heteroatoms. The molecular formula is C20H15N3O2S2. The van der Waals surface area contributed by atoms with Gasteiger partial charge in [-0.1, -0.05) is 0 Å². The van der Waals surface area contributed by atoms with Gasteiger partial charge in [0.15, 0.2) is 0 Å². The molecule has 0 atom stereocenters. The van der Waals surface area contributed by atoms with Crippen LogP contribution < -0.4 is 10.1 Å². The van der Waals surface area contributed by atoms with Crippen molar-refractivity contribution in [2.24, 2.45) is 0 Å². The van der Waals surface area contributed by atoms with Gasteiger partial charge in [-0.05, 0) is 60.5 Å². The molecule has 134 valence electrons. The molecule has 0 saturated heterocycles. The van der Waals surface area contributed by atoms with Crippen molar-refractivity contribution in [1.29, 1.82) is 0 Å². The number of amides is 1. The molecule has 1 amide bonds. The maximum Gasteiger partial charge on any atom is 0.256 e. The number of carbonyl (C=O) groups is 1. The maximum absolute atomic E-state index is 12.1. The molecule has 0 fully saturated rings. The fourth-order valence-corrected chi connectivity index (χ4v) is 5.15. The molecule has 5 rings (SSSR count). The number of aromatic nitrogens is 2. The number of rotatable bonds is 4. The predicted octanol–water partition coefficient (Wildman–Crippen LogP) is 5.29. The summed E-state index contributed by atoms with van der Waals surface area (Å²) in [5.41, 5.74) is 2.73. The van der Waals surface area contributed by atoms with Gasteiger partial charge in [0.05, 0.1) is 10.9 Å². The number of ether oxygens (including phenoxy) is 1. The second-order valence-electron chi connectivity index (χ2n) is 6.31. The summed E-state index contributed by atoms with van der Waals surface area (Å²) in [6.07, 6.45) is 4.92. The Hall–Kier alpha value is -2.77. The summed E-state index contributed by atoms with van der Waals surface area (Å²) in [5.74, 6) is 1.17. The van der Waals surface area contributed by atoms with E-state index in [-0.39, 0.29) is 5.91 Å². The Morgan fingerprint density at radius 1 is 1.11 bits per heavy atom. The fraction of sp³-hybridized carbons (Fsp3) is 0.150. The van der Waals surface area contributed by atoms with Crippen molar-refractivity contribution in [2.45, 2.75) is 19.3 Å². The minimum atomic E-state index is -0.115. The van der Waals surface area contributed by atoms with E-state index in [9.17, 15) is 4.79 Å². The summed E-state index contributed by atoms with van der Waals surface area (Å²) >= 11 is 3.24. The number of nitrogens with zero attached hydrogens (tertiary/aromatic N) is 2. The summed E-state index contributed by atoms with van der Waals surface area (Å²) in [4.78, 5) is 23.3. The smallest absolute Gasteiger partial charge is 0.256 e. The Labute approximate surface area is 163 Å². The molecule has 0 spiro atoms. The van der Waals surface area contributed by atoms with Crippen LogP contribution in [0, 0.1) is 0 Å². The van der Waals surface area contributed by atoms with E-state index < -0.39 is 0 Å². The van der Waals surface area contributed by atoms with Crippen molar-refractivity contribution in [3.63, 3.8) is 0 Å². The molecule has 4 aromatic rings. The molecule has 5 nitrogen and oxygen atoms in total. The first kappa shape index (κ1) is 16.4. The van der Waals surface area contributed by atoms with Crippen molar-refractivity contribution in [1.82, 2.24) is 9.97 Å². The number of aryl methyl sites for hydroxylation is 2. The van der Waals surface area contributed by atoms with Crippen LogP contribution in [0.5, 0.6) is 11.6 Å². The molecule has 3 aromatic heterocycles. The molecule has 1 aromatic carbocycles. The van der Waals surface area contributed by atoms with Gasteiger partial charge in [0.2, 0.25) is 5.88 Å². The standard InChI is InChI=1S/C20H15N3O2S2/c24-18(12-8-9-26-10-12)23-13-4-6-14(7-5-13)25-19-17-15-2-1-3-16(15)27-20(17)22-11-21-19/h4-11H,1-3H2,(H,23,24). The summed E-state index contributed by atoms with van der Waals surface area (Å²) in [6.45, 7) is 0. The zero-order chi connectivity index (χ0) is 18.2. The van der Waals surface area contributed by atoms with Crippen LogP contribution in [0.2, 0.25) is 0 Å². The lowest BCUT2D eigenvalue weighted by molar-refractivity contribution is 0.102. The minimum absolute atomic E-state index is 0.115. The monoisotopic (exact) mass is 393 g/mol. The third-order valence-corrected chi connectivity index (χ3v) is 6.46. The molecular weight excluding hydrogens is 378 g/mol. The molecule has 0 saturated carbocycles. The van der Waals surface area contributed by atoms with Gasteiger partial charge in [0.25, 0.3) is 5.91 Å². The molecule has 0 unspecified atom stereocenters. The third-order valence-electron chi connectivity index (χ3n) is 4.58. The van der Waals surface area contributed by atoms with Gasteiger partial charge in [0, 0.05) is 15.9 Å². The molecule has 1 aliphatic carbocycles. The van der Waals surface area contributed by atoms with E-state index in [2.05, 4.69) is 15.3 Å². The summed E-state index contributed by atoms with van der Waals surface area (Å²) in [7, 11) is 0. The van der Waals surface area contributed by atoms with E-state index in [4.69, 9.17) is 4.74 Å². The Bertz CT molecular complexity index is 1120. The average molecular weight is 393 g/mol. The van der Waals surface area contributed by atoms with E-state index in [0.29, 0.717) is 17.2 Å². The predicted molar refractivity (Wildman–Crippen MR) is 108 cm³/mol. The number of thiophene rings is 2. The van der Waals surface area contributed by atoms with Crippen LogP contribution >= 0.6 is 22.7 Å². The number of hydrogen-bond donors (Lipinski definition) is 1. The number of carbonyl (C=O) groups excluding carboxylic acids is 1. The Morgan fingerprint density at radius 3 is 2.81 bits per heavy atom. The van der Waals surface area contributed by atoms with Crippen LogP contribution in [-0.2, 0) is 12.8 Å². The Morgan fingerprint density at radius 2 is 2.00 bits per heavy atom. The van der Waals surface area contributed by atoms with E-state index >= 15 is 0 Å². The second kappa shape index (κ2) is 6.75. The fourth-order valence-electron chi connectivity index (χ4n) is 3.29. The topological polar surface area (TPSA) is 64.1 Å². The number of benzene rings is 1. The lowest BCUT2D eigenvalue weighted by Gasteiger charge is -2.08. The summed E-state index contributed by atoms with van der Waals surface area (Å²) in [6, 6.07) is 9.14. The molecule has 3 heterocycles. The summed E-state index contributed by atoms with van der Waals surface area (Å²) in [5, 5.41) is 7.64. The molecule has 27 heavy (non-hydrogen) atoms. The molecule has 0 bridgehead atoms. The molecule has 0 radical (unpaired) electrons. The highest BCUT2D eigenvalue weighted by molar-refractivity contribution is 7.19. The van der Waals surface area contributed by atoms with Gasteiger partial charge in [-0.3, -0.25) is 4.79 Å². The Kier molecular flexibility index (Phi) is 4.10. The van der Waals surface area contributed by atoms with Gasteiger partial charge >= 0.3 is 0 Å². The van der Waals surface area contributed by atoms with Crippen LogP contribution in [0.4, 0.5) is 5.69 Å². The van der Waals surface area contributed by atoms with Crippen LogP contribution in [-0.4, -0.2) is 15.9 Å². The van der Waals surface area contributed by atoms with Gasteiger partial charge in [0.1, 0.15) is 16.9 Å². The third kappa shape index (κ3) is 3.09. The lowest BCUT2D eigenvalue weighted by atomic mass is 10.2. The van der Waals surface area contributed by atoms with Crippen molar-refractivity contribution >= 4 is 44.5 Å². The zero-order valence-corrected chi connectivity index (χ0v) is 15.9. The van der Waals surface area contributed by atoms with Gasteiger partial charge in [-0.25, -0.2) is 9.97 Å². The van der Waals surface area contributed by atoms with Crippen LogP contribution in [0.25, 0.3) is 10.2 Å². The van der Waals surface area contributed by atoms with Crippen molar-refractivity contribution in [3.05, 3.63) is 63.4 Å². The van der Waals surface area contributed by atoms with E-state index in [0.717, 1.165) is 28.7 Å². The van der Waals surface area contributed by atoms with Crippen LogP contribution in [0.15, 0.2) is 47.4 Å². The quantitative estimate of drug-likeness (QED) is 0.512. The number of nitrogens with one attached hydrogen (secondary N) is 1. The van der Waals surface area contributed by atoms with Gasteiger partial charge in [-0.15, -0.1) is 11.3 Å². The maximum atomic E-state index is 12.1. The van der Waals surface area contributed by atoms with Gasteiger partial charge in [-0.2, -0.15) is 11.3 Å². The number of fused-ring (bicyclic) bond motifs is 3. The molecule has 1 aliphatic rings. The SMILES string of the molecule is O=C(Nc1ccc(Oc2ncnc3sc4c(c23)CCC4)cc1)c1ccsc1. The highest BCUT2D eigenvalue weighted by Gasteiger charge is 2.22. The summed E-state index contributed by atoms with van der Waals surface area (Å²) < 4.78 is 6.05. The highest BCUT2D eigenvalue weighted by atomic mass is 32.1. The first-order chi connectivity index (χ1) is 13.3. The van der Waals surface area contributed by atoms with Crippen molar-refractivity contribution < 1.29 is 9.53 Å². The van der Waals surface area contributed by atoms with Crippen molar-refractivity contribution in [3.8, 4) is 11.6 Å². The van der Waals surface area contributed by atoms with E-state index in [1.54, 1.807) is 23.7 Å². The normalized spacial score (nSPS) is 12.9. The van der Waals surface area contributed by atoms with Crippen LogP contribution in [0.3, 0.4) is 0 Å². The average Bonchev–Trinajstić information content (AvgIpc) is 3.40. The van der Waals surface area contributed by atoms with Crippen LogP contribution in [0.1, 0.15) is 27.2 Å². The highest BCUT2D eigenvalue weighted by Crippen LogP contribution is 2.41. The van der Waals surface area contributed by atoms with E-state index in [1.165, 1.54) is 28.2 Å². The molecule has 0 aliphatic heterocycles. The first-order valence-electron chi connectivity index (χ1n) is 8.64. The first-order valence-corrected chi connectivity index (χ1v) is 10.4. The number of anilines is 1.